The van der Waals surface area contributed by atoms with Crippen molar-refractivity contribution in [2.45, 2.75) is 13.5 Å². The van der Waals surface area contributed by atoms with Crippen LogP contribution in [0.25, 0.3) is 0 Å². The number of benzene rings is 2. The summed E-state index contributed by atoms with van der Waals surface area (Å²) in [6.07, 6.45) is 0. The number of carbonyl (C=O) groups is 1. The molecule has 0 aliphatic rings. The zero-order valence-electron chi connectivity index (χ0n) is 12.1. The number of nitrogen functional groups attached to an aromatic ring is 1. The number of carbonyl (C=O) groups excluding carboxylic acids is 1. The summed E-state index contributed by atoms with van der Waals surface area (Å²) in [7, 11) is 1.74. The molecule has 2 rings (SSSR count). The molecule has 0 radical (unpaired) electrons. The van der Waals surface area contributed by atoms with Gasteiger partial charge in [-0.15, -0.1) is 0 Å². The molecule has 21 heavy (non-hydrogen) atoms. The van der Waals surface area contributed by atoms with Crippen molar-refractivity contribution >= 4 is 11.6 Å². The highest BCUT2D eigenvalue weighted by Crippen LogP contribution is 2.15. The van der Waals surface area contributed by atoms with Gasteiger partial charge >= 0.3 is 0 Å². The first kappa shape index (κ1) is 14.6. The third kappa shape index (κ3) is 3.61. The molecule has 2 N–H and O–H groups in total. The second-order valence-electron chi connectivity index (χ2n) is 5.11. The normalized spacial score (nSPS) is 9.95. The topological polar surface area (TPSA) is 70.1 Å². The molecule has 0 unspecified atom stereocenters. The van der Waals surface area contributed by atoms with Gasteiger partial charge in [-0.1, -0.05) is 12.1 Å². The van der Waals surface area contributed by atoms with Gasteiger partial charge in [-0.25, -0.2) is 0 Å². The Labute approximate surface area is 124 Å². The molecular formula is C17H17N3O. The average Bonchev–Trinajstić information content (AvgIpc) is 2.45. The van der Waals surface area contributed by atoms with Gasteiger partial charge < -0.3 is 10.6 Å². The zero-order chi connectivity index (χ0) is 15.4. The fourth-order valence-corrected chi connectivity index (χ4v) is 2.24. The minimum Gasteiger partial charge on any atom is -0.399 e. The Bertz CT molecular complexity index is 696. The molecular weight excluding hydrogens is 262 g/mol. The van der Waals surface area contributed by atoms with E-state index >= 15 is 0 Å². The molecule has 0 aromatic heterocycles. The van der Waals surface area contributed by atoms with Crippen LogP contribution in [-0.4, -0.2) is 17.9 Å². The second-order valence-corrected chi connectivity index (χ2v) is 5.11. The lowest BCUT2D eigenvalue weighted by molar-refractivity contribution is 0.0785. The fourth-order valence-electron chi connectivity index (χ4n) is 2.24. The third-order valence-electron chi connectivity index (χ3n) is 3.17. The Morgan fingerprint density at radius 2 is 2.05 bits per heavy atom. The fraction of sp³-hybridized carbons (Fsp3) is 0.176. The van der Waals surface area contributed by atoms with Crippen molar-refractivity contribution in [1.82, 2.24) is 4.90 Å². The van der Waals surface area contributed by atoms with E-state index in [4.69, 9.17) is 11.0 Å². The number of aryl methyl sites for hydroxylation is 1. The first-order chi connectivity index (χ1) is 9.99. The number of nitrogens with two attached hydrogens (primary N) is 1. The predicted octanol–water partition coefficient (Wildman–Crippen LogP) is 2.72. The number of hydrogen-bond donors (Lipinski definition) is 1. The van der Waals surface area contributed by atoms with Gasteiger partial charge in [0.2, 0.25) is 0 Å². The maximum Gasteiger partial charge on any atom is 0.253 e. The van der Waals surface area contributed by atoms with Gasteiger partial charge in [0.15, 0.2) is 0 Å². The SMILES string of the molecule is Cc1cc(N)cc(C(=O)N(C)Cc2cccc(C#N)c2)c1. The summed E-state index contributed by atoms with van der Waals surface area (Å²) in [4.78, 5) is 14.0. The van der Waals surface area contributed by atoms with Crippen LogP contribution in [0.3, 0.4) is 0 Å². The van der Waals surface area contributed by atoms with Crippen LogP contribution >= 0.6 is 0 Å². The molecule has 4 heteroatoms. The Hall–Kier alpha value is -2.80. The molecule has 0 aliphatic carbocycles. The van der Waals surface area contributed by atoms with Gasteiger partial charge in [0.1, 0.15) is 0 Å². The summed E-state index contributed by atoms with van der Waals surface area (Å²) in [5.74, 6) is -0.0900. The molecule has 0 fully saturated rings. The van der Waals surface area contributed by atoms with Gasteiger partial charge in [0.05, 0.1) is 11.6 Å². The van der Waals surface area contributed by atoms with E-state index in [9.17, 15) is 4.79 Å². The van der Waals surface area contributed by atoms with Crippen LogP contribution in [0.2, 0.25) is 0 Å². The van der Waals surface area contributed by atoms with Gasteiger partial charge in [-0.2, -0.15) is 5.26 Å². The molecule has 0 saturated carbocycles. The lowest BCUT2D eigenvalue weighted by atomic mass is 10.1. The summed E-state index contributed by atoms with van der Waals surface area (Å²) in [6.45, 7) is 2.35. The summed E-state index contributed by atoms with van der Waals surface area (Å²) >= 11 is 0. The largest absolute Gasteiger partial charge is 0.399 e. The highest BCUT2D eigenvalue weighted by atomic mass is 16.2. The molecule has 0 atom stereocenters. The highest BCUT2D eigenvalue weighted by Gasteiger charge is 2.13. The molecule has 0 bridgehead atoms. The number of anilines is 1. The van der Waals surface area contributed by atoms with E-state index in [1.54, 1.807) is 30.1 Å². The van der Waals surface area contributed by atoms with E-state index in [0.29, 0.717) is 23.4 Å². The summed E-state index contributed by atoms with van der Waals surface area (Å²) < 4.78 is 0. The van der Waals surface area contributed by atoms with E-state index in [0.717, 1.165) is 11.1 Å². The lowest BCUT2D eigenvalue weighted by Crippen LogP contribution is -2.26. The first-order valence-corrected chi connectivity index (χ1v) is 6.61. The number of nitriles is 1. The van der Waals surface area contributed by atoms with Crippen molar-refractivity contribution in [1.29, 1.82) is 5.26 Å². The Kier molecular flexibility index (Phi) is 4.24. The standard InChI is InChI=1S/C17H17N3O/c1-12-6-15(9-16(19)7-12)17(21)20(2)11-14-5-3-4-13(8-14)10-18/h3-9H,11,19H2,1-2H3. The van der Waals surface area contributed by atoms with Crippen LogP contribution in [0.4, 0.5) is 5.69 Å². The first-order valence-electron chi connectivity index (χ1n) is 6.61. The Balaban J connectivity index is 2.17. The van der Waals surface area contributed by atoms with Crippen LogP contribution < -0.4 is 5.73 Å². The third-order valence-corrected chi connectivity index (χ3v) is 3.17. The molecule has 2 aromatic rings. The van der Waals surface area contributed by atoms with E-state index in [1.807, 2.05) is 31.2 Å². The average molecular weight is 279 g/mol. The van der Waals surface area contributed by atoms with E-state index in [2.05, 4.69) is 6.07 Å². The van der Waals surface area contributed by atoms with Crippen LogP contribution in [0.5, 0.6) is 0 Å². The Morgan fingerprint density at radius 3 is 2.71 bits per heavy atom. The summed E-state index contributed by atoms with van der Waals surface area (Å²) in [5, 5.41) is 8.90. The molecule has 0 saturated heterocycles. The minimum absolute atomic E-state index is 0.0900. The van der Waals surface area contributed by atoms with E-state index < -0.39 is 0 Å². The van der Waals surface area contributed by atoms with E-state index in [-0.39, 0.29) is 5.91 Å². The van der Waals surface area contributed by atoms with Crippen molar-refractivity contribution in [2.24, 2.45) is 0 Å². The van der Waals surface area contributed by atoms with Crippen molar-refractivity contribution < 1.29 is 4.79 Å². The van der Waals surface area contributed by atoms with Crippen molar-refractivity contribution in [3.05, 3.63) is 64.7 Å². The van der Waals surface area contributed by atoms with Crippen LogP contribution in [-0.2, 0) is 6.54 Å². The number of amides is 1. The lowest BCUT2D eigenvalue weighted by Gasteiger charge is -2.18. The molecule has 4 nitrogen and oxygen atoms in total. The molecule has 106 valence electrons. The van der Waals surface area contributed by atoms with Crippen LogP contribution in [0.15, 0.2) is 42.5 Å². The maximum absolute atomic E-state index is 12.4. The summed E-state index contributed by atoms with van der Waals surface area (Å²) in [5.41, 5.74) is 9.41. The highest BCUT2D eigenvalue weighted by molar-refractivity contribution is 5.95. The number of rotatable bonds is 3. The zero-order valence-corrected chi connectivity index (χ0v) is 12.1. The van der Waals surface area contributed by atoms with Crippen LogP contribution in [0.1, 0.15) is 27.0 Å². The smallest absolute Gasteiger partial charge is 0.253 e. The monoisotopic (exact) mass is 279 g/mol. The molecule has 0 spiro atoms. The van der Waals surface area contributed by atoms with Crippen LogP contribution in [0, 0.1) is 18.3 Å². The molecule has 1 amide bonds. The van der Waals surface area contributed by atoms with Crippen molar-refractivity contribution in [3.8, 4) is 6.07 Å². The number of hydrogen-bond acceptors (Lipinski definition) is 3. The van der Waals surface area contributed by atoms with E-state index in [1.165, 1.54) is 0 Å². The van der Waals surface area contributed by atoms with Gasteiger partial charge in [-0.3, -0.25) is 4.79 Å². The van der Waals surface area contributed by atoms with Gasteiger partial charge in [-0.05, 0) is 48.4 Å². The number of nitrogens with zero attached hydrogens (tertiary/aromatic N) is 2. The maximum atomic E-state index is 12.4. The predicted molar refractivity (Wildman–Crippen MR) is 82.5 cm³/mol. The summed E-state index contributed by atoms with van der Waals surface area (Å²) in [6, 6.07) is 14.7. The Morgan fingerprint density at radius 1 is 1.29 bits per heavy atom. The molecule has 0 aliphatic heterocycles. The van der Waals surface area contributed by atoms with Gasteiger partial charge in [0.25, 0.3) is 5.91 Å². The second kappa shape index (κ2) is 6.10. The quantitative estimate of drug-likeness (QED) is 0.878. The van der Waals surface area contributed by atoms with Gasteiger partial charge in [0, 0.05) is 24.8 Å². The van der Waals surface area contributed by atoms with Crippen molar-refractivity contribution in [2.75, 3.05) is 12.8 Å². The molecule has 2 aromatic carbocycles. The van der Waals surface area contributed by atoms with Crippen molar-refractivity contribution in [3.63, 3.8) is 0 Å². The molecule has 0 heterocycles. The minimum atomic E-state index is -0.0900.